The number of para-hydroxylation sites is 1. The lowest BCUT2D eigenvalue weighted by Gasteiger charge is -2.38. The summed E-state index contributed by atoms with van der Waals surface area (Å²) in [6.45, 7) is 9.85. The largest absolute Gasteiger partial charge is 0.484 e. The van der Waals surface area contributed by atoms with E-state index in [2.05, 4.69) is 4.90 Å². The summed E-state index contributed by atoms with van der Waals surface area (Å²) in [7, 11) is 0. The van der Waals surface area contributed by atoms with Crippen molar-refractivity contribution in [2.24, 2.45) is 5.92 Å². The zero-order valence-electron chi connectivity index (χ0n) is 19.4. The van der Waals surface area contributed by atoms with E-state index in [1.54, 1.807) is 4.90 Å². The number of carbonyl (C=O) groups is 3. The van der Waals surface area contributed by atoms with Gasteiger partial charge in [0, 0.05) is 58.3 Å². The molecular weight excluding hydrogens is 408 g/mol. The van der Waals surface area contributed by atoms with Crippen molar-refractivity contribution in [2.75, 3.05) is 65.5 Å². The second-order valence-electron chi connectivity index (χ2n) is 8.42. The molecule has 0 N–H and O–H groups in total. The Balaban J connectivity index is 1.37. The summed E-state index contributed by atoms with van der Waals surface area (Å²) in [6.07, 6.45) is 1.38. The highest BCUT2D eigenvalue weighted by Gasteiger charge is 2.32. The highest BCUT2D eigenvalue weighted by molar-refractivity contribution is 5.81. The molecule has 176 valence electrons. The van der Waals surface area contributed by atoms with Crippen LogP contribution in [0, 0.1) is 5.92 Å². The number of hydrogen-bond acceptors (Lipinski definition) is 5. The Morgan fingerprint density at radius 1 is 0.906 bits per heavy atom. The SMILES string of the molecule is CCN(CC)C(=O)CN1CCN(C(=O)C2CCN(C(=O)COc3ccccc3)CC2)CC1. The molecule has 3 amide bonds. The van der Waals surface area contributed by atoms with E-state index in [-0.39, 0.29) is 30.2 Å². The molecule has 0 radical (unpaired) electrons. The second-order valence-corrected chi connectivity index (χ2v) is 8.42. The van der Waals surface area contributed by atoms with Crippen LogP contribution in [-0.4, -0.2) is 103 Å². The quantitative estimate of drug-likeness (QED) is 0.605. The van der Waals surface area contributed by atoms with Crippen LogP contribution in [0.4, 0.5) is 0 Å². The molecule has 8 nitrogen and oxygen atoms in total. The first-order valence-electron chi connectivity index (χ1n) is 11.8. The Labute approximate surface area is 191 Å². The molecule has 8 heteroatoms. The molecule has 0 bridgehead atoms. The summed E-state index contributed by atoms with van der Waals surface area (Å²) in [5.74, 6) is 0.962. The zero-order valence-corrected chi connectivity index (χ0v) is 19.4. The number of piperidine rings is 1. The number of hydrogen-bond donors (Lipinski definition) is 0. The molecule has 2 saturated heterocycles. The van der Waals surface area contributed by atoms with Gasteiger partial charge in [-0.1, -0.05) is 18.2 Å². The fourth-order valence-electron chi connectivity index (χ4n) is 4.38. The highest BCUT2D eigenvalue weighted by Crippen LogP contribution is 2.21. The van der Waals surface area contributed by atoms with Gasteiger partial charge in [0.1, 0.15) is 5.75 Å². The van der Waals surface area contributed by atoms with Gasteiger partial charge >= 0.3 is 0 Å². The number of nitrogens with zero attached hydrogens (tertiary/aromatic N) is 4. The number of likely N-dealkylation sites (tertiary alicyclic amines) is 1. The molecule has 2 heterocycles. The summed E-state index contributed by atoms with van der Waals surface area (Å²) in [5, 5.41) is 0. The number of benzene rings is 1. The summed E-state index contributed by atoms with van der Waals surface area (Å²) in [5.41, 5.74) is 0. The van der Waals surface area contributed by atoms with E-state index in [1.807, 2.05) is 54.0 Å². The van der Waals surface area contributed by atoms with Crippen LogP contribution < -0.4 is 4.74 Å². The van der Waals surface area contributed by atoms with Crippen molar-refractivity contribution in [1.82, 2.24) is 19.6 Å². The topological polar surface area (TPSA) is 73.4 Å². The van der Waals surface area contributed by atoms with Crippen molar-refractivity contribution < 1.29 is 19.1 Å². The fraction of sp³-hybridized carbons (Fsp3) is 0.625. The zero-order chi connectivity index (χ0) is 22.9. The minimum Gasteiger partial charge on any atom is -0.484 e. The van der Waals surface area contributed by atoms with Crippen LogP contribution in [-0.2, 0) is 14.4 Å². The molecule has 1 aromatic rings. The maximum atomic E-state index is 13.0. The molecule has 0 spiro atoms. The molecule has 0 aromatic heterocycles. The summed E-state index contributed by atoms with van der Waals surface area (Å²) < 4.78 is 5.56. The van der Waals surface area contributed by atoms with Gasteiger partial charge in [0.15, 0.2) is 6.61 Å². The minimum atomic E-state index is -0.0359. The maximum Gasteiger partial charge on any atom is 0.260 e. The Morgan fingerprint density at radius 3 is 2.12 bits per heavy atom. The standard InChI is InChI=1S/C24H36N4O4/c1-3-26(4-2)22(29)18-25-14-16-28(17-15-25)24(31)20-10-12-27(13-11-20)23(30)19-32-21-8-6-5-7-9-21/h5-9,20H,3-4,10-19H2,1-2H3. The van der Waals surface area contributed by atoms with E-state index < -0.39 is 0 Å². The Kier molecular flexibility index (Phi) is 8.90. The predicted molar refractivity (Wildman–Crippen MR) is 122 cm³/mol. The van der Waals surface area contributed by atoms with Crippen LogP contribution in [0.1, 0.15) is 26.7 Å². The van der Waals surface area contributed by atoms with Crippen molar-refractivity contribution in [2.45, 2.75) is 26.7 Å². The summed E-state index contributed by atoms with van der Waals surface area (Å²) in [4.78, 5) is 45.4. The highest BCUT2D eigenvalue weighted by atomic mass is 16.5. The van der Waals surface area contributed by atoms with Gasteiger partial charge in [-0.15, -0.1) is 0 Å². The smallest absolute Gasteiger partial charge is 0.260 e. The molecule has 3 rings (SSSR count). The molecule has 0 saturated carbocycles. The van der Waals surface area contributed by atoms with Gasteiger partial charge < -0.3 is 19.4 Å². The van der Waals surface area contributed by atoms with Gasteiger partial charge in [0.25, 0.3) is 5.91 Å². The van der Waals surface area contributed by atoms with Crippen LogP contribution in [0.5, 0.6) is 5.75 Å². The third kappa shape index (κ3) is 6.45. The van der Waals surface area contributed by atoms with Gasteiger partial charge in [0.2, 0.25) is 11.8 Å². The van der Waals surface area contributed by atoms with Crippen LogP contribution in [0.3, 0.4) is 0 Å². The lowest BCUT2D eigenvalue weighted by atomic mass is 9.95. The van der Waals surface area contributed by atoms with Gasteiger partial charge in [-0.25, -0.2) is 0 Å². The van der Waals surface area contributed by atoms with E-state index >= 15 is 0 Å². The molecule has 0 atom stereocenters. The third-order valence-corrected chi connectivity index (χ3v) is 6.46. The lowest BCUT2D eigenvalue weighted by molar-refractivity contribution is -0.143. The number of ether oxygens (including phenoxy) is 1. The normalized spacial score (nSPS) is 17.8. The first-order chi connectivity index (χ1) is 15.5. The number of piperazine rings is 1. The van der Waals surface area contributed by atoms with Crippen LogP contribution in [0.15, 0.2) is 30.3 Å². The number of carbonyl (C=O) groups excluding carboxylic acids is 3. The third-order valence-electron chi connectivity index (χ3n) is 6.46. The van der Waals surface area contributed by atoms with E-state index in [9.17, 15) is 14.4 Å². The van der Waals surface area contributed by atoms with Crippen molar-refractivity contribution >= 4 is 17.7 Å². The molecule has 2 fully saturated rings. The number of amides is 3. The van der Waals surface area contributed by atoms with Crippen molar-refractivity contribution in [3.05, 3.63) is 30.3 Å². The Morgan fingerprint density at radius 2 is 1.53 bits per heavy atom. The molecule has 0 aliphatic carbocycles. The molecule has 32 heavy (non-hydrogen) atoms. The molecule has 2 aliphatic heterocycles. The van der Waals surface area contributed by atoms with Crippen LogP contribution in [0.25, 0.3) is 0 Å². The van der Waals surface area contributed by atoms with Crippen LogP contribution >= 0.6 is 0 Å². The van der Waals surface area contributed by atoms with E-state index in [0.717, 1.165) is 26.2 Å². The van der Waals surface area contributed by atoms with Gasteiger partial charge in [-0.3, -0.25) is 19.3 Å². The van der Waals surface area contributed by atoms with Crippen molar-refractivity contribution in [1.29, 1.82) is 0 Å². The Hall–Kier alpha value is -2.61. The van der Waals surface area contributed by atoms with Crippen molar-refractivity contribution in [3.63, 3.8) is 0 Å². The van der Waals surface area contributed by atoms with Gasteiger partial charge in [-0.05, 0) is 38.8 Å². The number of likely N-dealkylation sites (N-methyl/N-ethyl adjacent to an activating group) is 1. The monoisotopic (exact) mass is 444 g/mol. The van der Waals surface area contributed by atoms with Crippen LogP contribution in [0.2, 0.25) is 0 Å². The van der Waals surface area contributed by atoms with E-state index in [0.29, 0.717) is 51.3 Å². The number of rotatable bonds is 8. The van der Waals surface area contributed by atoms with E-state index in [4.69, 9.17) is 4.74 Å². The van der Waals surface area contributed by atoms with Gasteiger partial charge in [-0.2, -0.15) is 0 Å². The first kappa shape index (κ1) is 24.0. The molecule has 2 aliphatic rings. The predicted octanol–water partition coefficient (Wildman–Crippen LogP) is 1.32. The molecule has 0 unspecified atom stereocenters. The van der Waals surface area contributed by atoms with Crippen molar-refractivity contribution in [3.8, 4) is 5.75 Å². The summed E-state index contributed by atoms with van der Waals surface area (Å²) >= 11 is 0. The molecular formula is C24H36N4O4. The second kappa shape index (κ2) is 11.9. The average molecular weight is 445 g/mol. The minimum absolute atomic E-state index is 0.0246. The maximum absolute atomic E-state index is 13.0. The average Bonchev–Trinajstić information content (AvgIpc) is 2.84. The summed E-state index contributed by atoms with van der Waals surface area (Å²) in [6, 6.07) is 9.32. The molecule has 1 aromatic carbocycles. The van der Waals surface area contributed by atoms with Gasteiger partial charge in [0.05, 0.1) is 6.54 Å². The Bertz CT molecular complexity index is 753. The van der Waals surface area contributed by atoms with E-state index in [1.165, 1.54) is 0 Å². The lowest BCUT2D eigenvalue weighted by Crippen LogP contribution is -2.53. The first-order valence-corrected chi connectivity index (χ1v) is 11.8. The fourth-order valence-corrected chi connectivity index (χ4v) is 4.38.